The Hall–Kier alpha value is -2.74. The van der Waals surface area contributed by atoms with E-state index in [1.807, 2.05) is 37.3 Å². The Morgan fingerprint density at radius 2 is 1.88 bits per heavy atom. The molecule has 128 valence electrons. The van der Waals surface area contributed by atoms with Crippen LogP contribution < -0.4 is 5.01 Å². The molecule has 2 unspecified atom stereocenters. The van der Waals surface area contributed by atoms with Crippen LogP contribution in [0.4, 0.5) is 11.4 Å². The average Bonchev–Trinajstić information content (AvgIpc) is 2.96. The number of fused-ring (bicyclic) bond motifs is 3. The summed E-state index contributed by atoms with van der Waals surface area (Å²) in [6.07, 6.45) is 0. The molecule has 0 amide bonds. The summed E-state index contributed by atoms with van der Waals surface area (Å²) in [5.74, 6) is 0. The zero-order valence-electron chi connectivity index (χ0n) is 13.6. The average molecular weight is 357 g/mol. The van der Waals surface area contributed by atoms with Crippen LogP contribution in [0.15, 0.2) is 58.5 Å². The molecule has 2 aromatic rings. The lowest BCUT2D eigenvalue weighted by molar-refractivity contribution is -0.385. The van der Waals surface area contributed by atoms with E-state index in [4.69, 9.17) is 0 Å². The molecular formula is C17H15N3O4S. The normalized spacial score (nSPS) is 26.1. The molecule has 25 heavy (non-hydrogen) atoms. The number of sulfone groups is 1. The van der Waals surface area contributed by atoms with Crippen molar-refractivity contribution >= 4 is 26.9 Å². The summed E-state index contributed by atoms with van der Waals surface area (Å²) in [6, 6.07) is 13.4. The van der Waals surface area contributed by atoms with E-state index >= 15 is 0 Å². The Bertz CT molecular complexity index is 1030. The molecule has 0 saturated heterocycles. The summed E-state index contributed by atoms with van der Waals surface area (Å²) >= 11 is 0. The summed E-state index contributed by atoms with van der Waals surface area (Å²) in [5.41, 5.74) is 0.618. The van der Waals surface area contributed by atoms with Crippen molar-refractivity contribution in [1.29, 1.82) is 0 Å². The van der Waals surface area contributed by atoms with E-state index in [1.54, 1.807) is 11.9 Å². The topological polar surface area (TPSA) is 92.9 Å². The number of nitrogens with zero attached hydrogens (tertiary/aromatic N) is 3. The van der Waals surface area contributed by atoms with E-state index in [1.165, 1.54) is 12.1 Å². The molecule has 2 aliphatic rings. The van der Waals surface area contributed by atoms with Crippen molar-refractivity contribution in [3.05, 3.63) is 64.2 Å². The maximum absolute atomic E-state index is 13.1. The first-order valence-corrected chi connectivity index (χ1v) is 9.26. The minimum atomic E-state index is -3.76. The van der Waals surface area contributed by atoms with Crippen molar-refractivity contribution in [2.75, 3.05) is 5.01 Å². The fraction of sp³-hybridized carbons (Fsp3) is 0.235. The van der Waals surface area contributed by atoms with E-state index in [0.717, 1.165) is 11.8 Å². The number of hydrogen-bond donors (Lipinski definition) is 0. The monoisotopic (exact) mass is 357 g/mol. The van der Waals surface area contributed by atoms with Crippen molar-refractivity contribution < 1.29 is 13.3 Å². The molecule has 4 rings (SSSR count). The third-order valence-corrected chi connectivity index (χ3v) is 7.30. The smallest absolute Gasteiger partial charge is 0.258 e. The molecule has 7 nitrogen and oxygen atoms in total. The van der Waals surface area contributed by atoms with E-state index in [2.05, 4.69) is 5.10 Å². The molecule has 0 bridgehead atoms. The van der Waals surface area contributed by atoms with Crippen LogP contribution in [-0.2, 0) is 15.4 Å². The van der Waals surface area contributed by atoms with Crippen LogP contribution in [0.5, 0.6) is 0 Å². The predicted molar refractivity (Wildman–Crippen MR) is 93.5 cm³/mol. The highest BCUT2D eigenvalue weighted by atomic mass is 32.2. The Kier molecular flexibility index (Phi) is 3.08. The van der Waals surface area contributed by atoms with Crippen LogP contribution in [0.1, 0.15) is 19.4 Å². The summed E-state index contributed by atoms with van der Waals surface area (Å²) in [4.78, 5) is 10.5. The standard InChI is InChI=1S/C17H15N3O4S/c1-11-16-17(2,19(18-11)12-6-4-3-5-7-12)14-9-8-13(20(21)22)10-15(14)25(16,23)24/h3-10,16H,1-2H3. The van der Waals surface area contributed by atoms with Gasteiger partial charge >= 0.3 is 0 Å². The minimum Gasteiger partial charge on any atom is -0.258 e. The largest absolute Gasteiger partial charge is 0.270 e. The number of para-hydroxylation sites is 1. The van der Waals surface area contributed by atoms with Crippen molar-refractivity contribution in [1.82, 2.24) is 0 Å². The van der Waals surface area contributed by atoms with Gasteiger partial charge in [-0.1, -0.05) is 18.2 Å². The minimum absolute atomic E-state index is 0.0179. The van der Waals surface area contributed by atoms with E-state index in [0.29, 0.717) is 11.3 Å². The predicted octanol–water partition coefficient (Wildman–Crippen LogP) is 2.86. The fourth-order valence-corrected chi connectivity index (χ4v) is 6.36. The summed E-state index contributed by atoms with van der Waals surface area (Å²) in [5, 5.41) is 16.4. The van der Waals surface area contributed by atoms with Crippen LogP contribution in [0.3, 0.4) is 0 Å². The van der Waals surface area contributed by atoms with Crippen LogP contribution in [0.25, 0.3) is 0 Å². The van der Waals surface area contributed by atoms with Gasteiger partial charge < -0.3 is 0 Å². The van der Waals surface area contributed by atoms with Crippen LogP contribution in [-0.4, -0.2) is 24.3 Å². The zero-order valence-corrected chi connectivity index (χ0v) is 14.4. The Morgan fingerprint density at radius 1 is 1.20 bits per heavy atom. The van der Waals surface area contributed by atoms with Crippen molar-refractivity contribution in [3.63, 3.8) is 0 Å². The molecule has 0 saturated carbocycles. The zero-order chi connectivity index (χ0) is 18.0. The van der Waals surface area contributed by atoms with Crippen LogP contribution >= 0.6 is 0 Å². The van der Waals surface area contributed by atoms with Gasteiger partial charge in [0.25, 0.3) is 5.69 Å². The summed E-state index contributed by atoms with van der Waals surface area (Å²) < 4.78 is 26.2. The van der Waals surface area contributed by atoms with Gasteiger partial charge in [-0.15, -0.1) is 0 Å². The van der Waals surface area contributed by atoms with Gasteiger partial charge in [0.2, 0.25) is 0 Å². The Labute approximate surface area is 144 Å². The maximum atomic E-state index is 13.1. The van der Waals surface area contributed by atoms with Gasteiger partial charge in [-0.2, -0.15) is 5.10 Å². The molecule has 0 aliphatic carbocycles. The molecule has 8 heteroatoms. The van der Waals surface area contributed by atoms with Crippen molar-refractivity contribution in [2.24, 2.45) is 5.10 Å². The first-order chi connectivity index (χ1) is 11.8. The lowest BCUT2D eigenvalue weighted by atomic mass is 9.87. The number of rotatable bonds is 2. The van der Waals surface area contributed by atoms with Gasteiger partial charge in [0.05, 0.1) is 21.2 Å². The fourth-order valence-electron chi connectivity index (χ4n) is 3.91. The first kappa shape index (κ1) is 15.8. The molecule has 0 fully saturated rings. The third kappa shape index (κ3) is 1.91. The molecule has 2 heterocycles. The van der Waals surface area contributed by atoms with Crippen LogP contribution in [0, 0.1) is 10.1 Å². The SMILES string of the molecule is CC1=NN(c2ccccc2)C2(C)c3ccc([N+](=O)[O-])cc3S(=O)(=O)C12. The highest BCUT2D eigenvalue weighted by Crippen LogP contribution is 2.52. The summed E-state index contributed by atoms with van der Waals surface area (Å²) in [7, 11) is -3.76. The number of nitro benzene ring substituents is 1. The number of benzene rings is 2. The third-order valence-electron chi connectivity index (χ3n) is 4.93. The molecule has 2 aliphatic heterocycles. The van der Waals surface area contributed by atoms with E-state index < -0.39 is 25.5 Å². The second-order valence-corrected chi connectivity index (χ2v) is 8.40. The number of anilines is 1. The van der Waals surface area contributed by atoms with Gasteiger partial charge in [-0.3, -0.25) is 15.1 Å². The number of hydrazone groups is 1. The Balaban J connectivity index is 1.99. The molecule has 0 aromatic heterocycles. The first-order valence-electron chi connectivity index (χ1n) is 7.71. The van der Waals surface area contributed by atoms with E-state index in [-0.39, 0.29) is 10.6 Å². The molecule has 2 atom stereocenters. The molecule has 0 radical (unpaired) electrons. The number of hydrogen-bond acceptors (Lipinski definition) is 6. The maximum Gasteiger partial charge on any atom is 0.270 e. The lowest BCUT2D eigenvalue weighted by Gasteiger charge is -2.34. The van der Waals surface area contributed by atoms with Gasteiger partial charge in [0.15, 0.2) is 9.84 Å². The molecular weight excluding hydrogens is 342 g/mol. The van der Waals surface area contributed by atoms with Gasteiger partial charge in [0.1, 0.15) is 10.8 Å². The number of non-ortho nitro benzene ring substituents is 1. The second-order valence-electron chi connectivity index (χ2n) is 6.40. The van der Waals surface area contributed by atoms with E-state index in [9.17, 15) is 18.5 Å². The quantitative estimate of drug-likeness (QED) is 0.608. The second kappa shape index (κ2) is 4.89. The molecule has 0 N–H and O–H groups in total. The highest BCUT2D eigenvalue weighted by molar-refractivity contribution is 7.93. The van der Waals surface area contributed by atoms with Crippen molar-refractivity contribution in [2.45, 2.75) is 29.5 Å². The van der Waals surface area contributed by atoms with Gasteiger partial charge in [-0.25, -0.2) is 8.42 Å². The highest BCUT2D eigenvalue weighted by Gasteiger charge is 2.61. The van der Waals surface area contributed by atoms with Crippen molar-refractivity contribution in [3.8, 4) is 0 Å². The summed E-state index contributed by atoms with van der Waals surface area (Å²) in [6.45, 7) is 3.50. The van der Waals surface area contributed by atoms with Crippen LogP contribution in [0.2, 0.25) is 0 Å². The van der Waals surface area contributed by atoms with Gasteiger partial charge in [-0.05, 0) is 32.0 Å². The van der Waals surface area contributed by atoms with Gasteiger partial charge in [0, 0.05) is 17.7 Å². The molecule has 2 aromatic carbocycles. The lowest BCUT2D eigenvalue weighted by Crippen LogP contribution is -2.45. The number of nitro groups is 1. The Morgan fingerprint density at radius 3 is 2.52 bits per heavy atom. The molecule has 0 spiro atoms.